The van der Waals surface area contributed by atoms with Gasteiger partial charge in [0.25, 0.3) is 0 Å². The highest BCUT2D eigenvalue weighted by Gasteiger charge is 2.44. The van der Waals surface area contributed by atoms with E-state index in [9.17, 15) is 39.3 Å². The second-order valence-electron chi connectivity index (χ2n) is 10.9. The molecule has 238 valence electrons. The van der Waals surface area contributed by atoms with E-state index in [1.165, 1.54) is 36.4 Å². The molecule has 1 fully saturated rings. The van der Waals surface area contributed by atoms with E-state index in [-0.39, 0.29) is 48.2 Å². The molecule has 2 aromatic rings. The molecule has 0 bridgehead atoms. The Kier molecular flexibility index (Phi) is 10.0. The zero-order valence-corrected chi connectivity index (χ0v) is 24.2. The van der Waals surface area contributed by atoms with Crippen molar-refractivity contribution in [2.45, 2.75) is 50.5 Å². The molecule has 15 nitrogen and oxygen atoms in total. The molecule has 4 rings (SSSR count). The number of hydrogen-bond donors (Lipinski definition) is 5. The van der Waals surface area contributed by atoms with Crippen molar-refractivity contribution in [3.05, 3.63) is 59.2 Å². The molecule has 0 aromatic heterocycles. The maximum absolute atomic E-state index is 13.0. The molecule has 0 atom stereocenters. The minimum Gasteiger partial charge on any atom is -0.481 e. The first-order valence-electron chi connectivity index (χ1n) is 14.1. The van der Waals surface area contributed by atoms with E-state index in [2.05, 4.69) is 10.1 Å². The Morgan fingerprint density at radius 2 is 1.62 bits per heavy atom. The van der Waals surface area contributed by atoms with Gasteiger partial charge >= 0.3 is 23.9 Å². The number of rotatable bonds is 12. The fourth-order valence-electron chi connectivity index (χ4n) is 5.34. The molecule has 0 spiro atoms. The first-order chi connectivity index (χ1) is 21.3. The average molecular weight is 624 g/mol. The SMILES string of the molecule is NC(N)=Nc1ccc(C(=O)Oc2ccc(CCC(=O)N3CCC(C(=O)O)CC3)c(C3=NOC(CC(=O)O)(CC(=O)O)C3)c2)cc1. The summed E-state index contributed by atoms with van der Waals surface area (Å²) in [7, 11) is 0. The van der Waals surface area contributed by atoms with Crippen LogP contribution in [0, 0.1) is 5.92 Å². The first-order valence-corrected chi connectivity index (χ1v) is 14.1. The minimum absolute atomic E-state index is 0.0789. The Labute approximate surface area is 257 Å². The summed E-state index contributed by atoms with van der Waals surface area (Å²) < 4.78 is 5.58. The predicted molar refractivity (Wildman–Crippen MR) is 158 cm³/mol. The molecule has 0 unspecified atom stereocenters. The molecule has 1 saturated heterocycles. The Morgan fingerprint density at radius 1 is 0.978 bits per heavy atom. The lowest BCUT2D eigenvalue weighted by Gasteiger charge is -2.30. The van der Waals surface area contributed by atoms with Gasteiger partial charge in [-0.15, -0.1) is 0 Å². The smallest absolute Gasteiger partial charge is 0.343 e. The van der Waals surface area contributed by atoms with Crippen LogP contribution in [0.3, 0.4) is 0 Å². The van der Waals surface area contributed by atoms with Gasteiger partial charge in [-0.05, 0) is 61.2 Å². The van der Waals surface area contributed by atoms with Crippen molar-refractivity contribution >= 4 is 47.1 Å². The first kappa shape index (κ1) is 32.4. The largest absolute Gasteiger partial charge is 0.481 e. The number of carbonyl (C=O) groups is 5. The van der Waals surface area contributed by atoms with Gasteiger partial charge in [-0.25, -0.2) is 9.79 Å². The number of aliphatic carboxylic acids is 3. The third-order valence-corrected chi connectivity index (χ3v) is 7.55. The van der Waals surface area contributed by atoms with Crippen molar-refractivity contribution in [3.63, 3.8) is 0 Å². The van der Waals surface area contributed by atoms with Crippen LogP contribution in [0.1, 0.15) is 60.0 Å². The number of carboxylic acid groups (broad SMARTS) is 3. The van der Waals surface area contributed by atoms with E-state index in [1.807, 2.05) is 0 Å². The number of benzene rings is 2. The number of carboxylic acids is 3. The van der Waals surface area contributed by atoms with E-state index >= 15 is 0 Å². The highest BCUT2D eigenvalue weighted by Crippen LogP contribution is 2.35. The van der Waals surface area contributed by atoms with Gasteiger partial charge in [0, 0.05) is 31.5 Å². The van der Waals surface area contributed by atoms with E-state index < -0.39 is 48.2 Å². The van der Waals surface area contributed by atoms with Crippen molar-refractivity contribution in [1.82, 2.24) is 4.90 Å². The summed E-state index contributed by atoms with van der Waals surface area (Å²) in [5.41, 5.74) is 11.0. The molecule has 2 aliphatic heterocycles. The number of oxime groups is 1. The lowest BCUT2D eigenvalue weighted by atomic mass is 9.86. The number of nitrogens with two attached hydrogens (primary N) is 2. The van der Waals surface area contributed by atoms with Gasteiger partial charge in [0.15, 0.2) is 11.6 Å². The lowest BCUT2D eigenvalue weighted by Crippen LogP contribution is -2.40. The third kappa shape index (κ3) is 8.55. The number of aryl methyl sites for hydroxylation is 1. The second kappa shape index (κ2) is 13.9. The average Bonchev–Trinajstić information content (AvgIpc) is 3.38. The van der Waals surface area contributed by atoms with Gasteiger partial charge in [0.2, 0.25) is 5.91 Å². The van der Waals surface area contributed by atoms with E-state index in [1.54, 1.807) is 11.0 Å². The summed E-state index contributed by atoms with van der Waals surface area (Å²) in [6.45, 7) is 0.663. The standard InChI is InChI=1S/C30H33N5O10/c31-29(32)33-20-5-1-19(2-6-20)28(43)44-21-7-3-17(4-8-24(36)35-11-9-18(10-12-35)27(41)42)22(13-21)23-14-30(45-34-23,15-25(37)38)16-26(39)40/h1-3,5-7,13,18H,4,8-12,14-16H2,(H,37,38)(H,39,40)(H,41,42)(H4,31,32,33). The van der Waals surface area contributed by atoms with Crippen molar-refractivity contribution in [2.24, 2.45) is 27.5 Å². The van der Waals surface area contributed by atoms with Gasteiger partial charge < -0.3 is 41.3 Å². The van der Waals surface area contributed by atoms with Crippen molar-refractivity contribution in [3.8, 4) is 5.75 Å². The highest BCUT2D eigenvalue weighted by atomic mass is 16.7. The Balaban J connectivity index is 1.56. The van der Waals surface area contributed by atoms with Crippen molar-refractivity contribution in [1.29, 1.82) is 0 Å². The van der Waals surface area contributed by atoms with Gasteiger partial charge in [-0.3, -0.25) is 19.2 Å². The molecular weight excluding hydrogens is 590 g/mol. The number of aliphatic imine (C=N–C) groups is 1. The number of amides is 1. The monoisotopic (exact) mass is 623 g/mol. The number of esters is 1. The van der Waals surface area contributed by atoms with Crippen LogP contribution in [0.15, 0.2) is 52.6 Å². The molecule has 7 N–H and O–H groups in total. The maximum atomic E-state index is 13.0. The summed E-state index contributed by atoms with van der Waals surface area (Å²) in [6.07, 6.45) is -0.348. The van der Waals surface area contributed by atoms with Gasteiger partial charge in [0.1, 0.15) is 5.75 Å². The molecule has 0 saturated carbocycles. The number of ether oxygens (including phenoxy) is 1. The predicted octanol–water partition coefficient (Wildman–Crippen LogP) is 1.88. The number of carbonyl (C=O) groups excluding carboxylic acids is 2. The van der Waals surface area contributed by atoms with Crippen LogP contribution in [0.25, 0.3) is 0 Å². The lowest BCUT2D eigenvalue weighted by molar-refractivity contribution is -0.151. The minimum atomic E-state index is -1.63. The number of likely N-dealkylation sites (tertiary alicyclic amines) is 1. The van der Waals surface area contributed by atoms with Crippen molar-refractivity contribution in [2.75, 3.05) is 13.1 Å². The Morgan fingerprint density at radius 3 is 2.20 bits per heavy atom. The summed E-state index contributed by atoms with van der Waals surface area (Å²) in [4.78, 5) is 71.2. The van der Waals surface area contributed by atoms with Crippen LogP contribution in [-0.4, -0.2) is 80.4 Å². The topological polar surface area (TPSA) is 244 Å². The fraction of sp³-hybridized carbons (Fsp3) is 0.367. The molecular formula is C30H33N5O10. The summed E-state index contributed by atoms with van der Waals surface area (Å²) in [5, 5.41) is 32.1. The van der Waals surface area contributed by atoms with Crippen LogP contribution in [0.5, 0.6) is 5.75 Å². The molecule has 2 aliphatic rings. The molecule has 45 heavy (non-hydrogen) atoms. The number of piperidine rings is 1. The molecule has 1 amide bonds. The highest BCUT2D eigenvalue weighted by molar-refractivity contribution is 6.04. The van der Waals surface area contributed by atoms with Gasteiger partial charge in [-0.1, -0.05) is 11.2 Å². The molecule has 15 heteroatoms. The second-order valence-corrected chi connectivity index (χ2v) is 10.9. The van der Waals surface area contributed by atoms with Crippen molar-refractivity contribution < 1.29 is 48.9 Å². The van der Waals surface area contributed by atoms with Crippen LogP contribution >= 0.6 is 0 Å². The van der Waals surface area contributed by atoms with Gasteiger partial charge in [-0.2, -0.15) is 0 Å². The van der Waals surface area contributed by atoms with Crippen LogP contribution in [0.2, 0.25) is 0 Å². The summed E-state index contributed by atoms with van der Waals surface area (Å²) >= 11 is 0. The van der Waals surface area contributed by atoms with Gasteiger partial charge in [0.05, 0.1) is 35.7 Å². The van der Waals surface area contributed by atoms with E-state index in [4.69, 9.17) is 21.0 Å². The zero-order valence-electron chi connectivity index (χ0n) is 24.2. The number of nitrogens with zero attached hydrogens (tertiary/aromatic N) is 3. The van der Waals surface area contributed by atoms with Crippen LogP contribution < -0.4 is 16.2 Å². The third-order valence-electron chi connectivity index (χ3n) is 7.55. The summed E-state index contributed by atoms with van der Waals surface area (Å²) in [5.74, 6) is -4.78. The quantitative estimate of drug-likeness (QED) is 0.0984. The van der Waals surface area contributed by atoms with E-state index in [0.717, 1.165) is 0 Å². The molecule has 0 radical (unpaired) electrons. The summed E-state index contributed by atoms with van der Waals surface area (Å²) in [6, 6.07) is 10.7. The number of guanidine groups is 1. The number of hydrogen-bond acceptors (Lipinski definition) is 9. The maximum Gasteiger partial charge on any atom is 0.343 e. The molecule has 0 aliphatic carbocycles. The van der Waals surface area contributed by atoms with E-state index in [0.29, 0.717) is 42.7 Å². The Hall–Kier alpha value is -5.47. The van der Waals surface area contributed by atoms with Crippen LogP contribution in [-0.2, 0) is 30.4 Å². The van der Waals surface area contributed by atoms with Crippen LogP contribution in [0.4, 0.5) is 5.69 Å². The zero-order chi connectivity index (χ0) is 32.7. The molecule has 2 heterocycles. The fourth-order valence-corrected chi connectivity index (χ4v) is 5.34. The molecule has 2 aromatic carbocycles. The Bertz CT molecular complexity index is 1520. The normalized spacial score (nSPS) is 15.8.